The van der Waals surface area contributed by atoms with Crippen LogP contribution < -0.4 is 0 Å². The topological polar surface area (TPSA) is 59.2 Å². The monoisotopic (exact) mass is 465 g/mol. The summed E-state index contributed by atoms with van der Waals surface area (Å²) in [7, 11) is 0. The Labute approximate surface area is 196 Å². The predicted octanol–water partition coefficient (Wildman–Crippen LogP) is 6.49. The van der Waals surface area contributed by atoms with Crippen LogP contribution in [0.5, 0.6) is 0 Å². The Morgan fingerprint density at radius 1 is 1.00 bits per heavy atom. The zero-order chi connectivity index (χ0) is 22.5. The molecule has 0 fully saturated rings. The Balaban J connectivity index is 1.57. The highest BCUT2D eigenvalue weighted by Gasteiger charge is 2.25. The van der Waals surface area contributed by atoms with Gasteiger partial charge in [0.2, 0.25) is 11.7 Å². The fraction of sp³-hybridized carbons (Fsp3) is 0.160. The van der Waals surface area contributed by atoms with E-state index in [0.717, 1.165) is 11.1 Å². The molecule has 1 heterocycles. The van der Waals surface area contributed by atoms with E-state index in [4.69, 9.17) is 27.7 Å². The van der Waals surface area contributed by atoms with E-state index < -0.39 is 0 Å². The van der Waals surface area contributed by atoms with Crippen LogP contribution in [0.25, 0.3) is 11.4 Å². The van der Waals surface area contributed by atoms with Crippen LogP contribution in [0, 0.1) is 0 Å². The van der Waals surface area contributed by atoms with E-state index in [1.165, 1.54) is 0 Å². The van der Waals surface area contributed by atoms with Crippen LogP contribution >= 0.6 is 23.2 Å². The lowest BCUT2D eigenvalue weighted by molar-refractivity contribution is 0.0689. The van der Waals surface area contributed by atoms with Gasteiger partial charge in [-0.3, -0.25) is 4.79 Å². The SMILES string of the molecule is CC(c1ccccc1)N(CCc1nc(-c2cccc(Cl)c2)no1)C(=O)c1ccccc1Cl. The number of hydrogen-bond donors (Lipinski definition) is 0. The highest BCUT2D eigenvalue weighted by Crippen LogP contribution is 2.26. The number of rotatable bonds is 7. The molecule has 0 saturated carbocycles. The molecule has 162 valence electrons. The molecule has 1 unspecified atom stereocenters. The van der Waals surface area contributed by atoms with Crippen LogP contribution in [0.3, 0.4) is 0 Å². The van der Waals surface area contributed by atoms with Gasteiger partial charge in [0.15, 0.2) is 0 Å². The fourth-order valence-electron chi connectivity index (χ4n) is 3.49. The number of hydrogen-bond acceptors (Lipinski definition) is 4. The lowest BCUT2D eigenvalue weighted by atomic mass is 10.0. The second-order valence-corrected chi connectivity index (χ2v) is 8.18. The van der Waals surface area contributed by atoms with Crippen molar-refractivity contribution in [2.24, 2.45) is 0 Å². The van der Waals surface area contributed by atoms with Crippen molar-refractivity contribution in [1.82, 2.24) is 15.0 Å². The minimum atomic E-state index is -0.171. The smallest absolute Gasteiger partial charge is 0.255 e. The molecule has 0 aliphatic rings. The summed E-state index contributed by atoms with van der Waals surface area (Å²) >= 11 is 12.4. The molecule has 0 aliphatic carbocycles. The third-order valence-corrected chi connectivity index (χ3v) is 5.80. The second-order valence-electron chi connectivity index (χ2n) is 7.34. The molecule has 0 bridgehead atoms. The molecule has 7 heteroatoms. The maximum Gasteiger partial charge on any atom is 0.255 e. The van der Waals surface area contributed by atoms with Crippen LogP contribution in [0.4, 0.5) is 0 Å². The molecule has 0 aliphatic heterocycles. The number of halogens is 2. The van der Waals surface area contributed by atoms with E-state index >= 15 is 0 Å². The summed E-state index contributed by atoms with van der Waals surface area (Å²) in [6, 6.07) is 24.0. The standard InChI is InChI=1S/C25H21Cl2N3O2/c1-17(18-8-3-2-4-9-18)30(25(31)21-12-5-6-13-22(21)27)15-14-23-28-24(29-32-23)19-10-7-11-20(26)16-19/h2-13,16-17H,14-15H2,1H3. The summed E-state index contributed by atoms with van der Waals surface area (Å²) in [5.41, 5.74) is 2.26. The van der Waals surface area contributed by atoms with Crippen molar-refractivity contribution in [2.45, 2.75) is 19.4 Å². The van der Waals surface area contributed by atoms with Crippen molar-refractivity contribution in [1.29, 1.82) is 0 Å². The maximum atomic E-state index is 13.4. The number of carbonyl (C=O) groups excluding carboxylic acids is 1. The van der Waals surface area contributed by atoms with Crippen LogP contribution in [0.1, 0.15) is 34.8 Å². The van der Waals surface area contributed by atoms with E-state index in [1.807, 2.05) is 49.4 Å². The number of nitrogens with zero attached hydrogens (tertiary/aromatic N) is 3. The third kappa shape index (κ3) is 5.01. The second kappa shape index (κ2) is 9.98. The molecule has 0 spiro atoms. The molecule has 32 heavy (non-hydrogen) atoms. The summed E-state index contributed by atoms with van der Waals surface area (Å²) in [4.78, 5) is 19.7. The van der Waals surface area contributed by atoms with Crippen LogP contribution in [0.2, 0.25) is 10.0 Å². The summed E-state index contributed by atoms with van der Waals surface area (Å²) < 4.78 is 5.44. The number of carbonyl (C=O) groups is 1. The molecule has 1 amide bonds. The van der Waals surface area contributed by atoms with E-state index in [-0.39, 0.29) is 11.9 Å². The lowest BCUT2D eigenvalue weighted by Crippen LogP contribution is -2.35. The quantitative estimate of drug-likeness (QED) is 0.312. The number of aromatic nitrogens is 2. The molecule has 4 aromatic rings. The van der Waals surface area contributed by atoms with E-state index in [0.29, 0.717) is 40.3 Å². The fourth-order valence-corrected chi connectivity index (χ4v) is 3.90. The van der Waals surface area contributed by atoms with Crippen LogP contribution in [-0.4, -0.2) is 27.5 Å². The minimum absolute atomic E-state index is 0.151. The van der Waals surface area contributed by atoms with Crippen molar-refractivity contribution < 1.29 is 9.32 Å². The zero-order valence-corrected chi connectivity index (χ0v) is 18.9. The van der Waals surface area contributed by atoms with E-state index in [9.17, 15) is 4.79 Å². The Hall–Kier alpha value is -3.15. The molecule has 0 N–H and O–H groups in total. The zero-order valence-electron chi connectivity index (χ0n) is 17.4. The molecule has 0 saturated heterocycles. The van der Waals surface area contributed by atoms with Gasteiger partial charge >= 0.3 is 0 Å². The van der Waals surface area contributed by atoms with Crippen molar-refractivity contribution in [3.8, 4) is 11.4 Å². The average molecular weight is 466 g/mol. The Morgan fingerprint density at radius 3 is 2.50 bits per heavy atom. The van der Waals surface area contributed by atoms with Gasteiger partial charge in [-0.25, -0.2) is 0 Å². The Morgan fingerprint density at radius 2 is 1.75 bits per heavy atom. The normalized spacial score (nSPS) is 11.8. The molecule has 3 aromatic carbocycles. The molecule has 5 nitrogen and oxygen atoms in total. The van der Waals surface area contributed by atoms with Gasteiger partial charge in [0.1, 0.15) is 0 Å². The summed E-state index contributed by atoms with van der Waals surface area (Å²) in [6.07, 6.45) is 0.404. The Bertz CT molecular complexity index is 1210. The summed E-state index contributed by atoms with van der Waals surface area (Å²) in [5, 5.41) is 5.08. The Kier molecular flexibility index (Phi) is 6.88. The van der Waals surface area contributed by atoms with Crippen molar-refractivity contribution in [2.75, 3.05) is 6.54 Å². The van der Waals surface area contributed by atoms with Gasteiger partial charge in [-0.1, -0.05) is 83.0 Å². The molecule has 4 rings (SSSR count). The van der Waals surface area contributed by atoms with Gasteiger partial charge in [0.25, 0.3) is 5.91 Å². The summed E-state index contributed by atoms with van der Waals surface area (Å²) in [5.74, 6) is 0.751. The van der Waals surface area contributed by atoms with Gasteiger partial charge in [-0.15, -0.1) is 0 Å². The third-order valence-electron chi connectivity index (χ3n) is 5.23. The minimum Gasteiger partial charge on any atom is -0.339 e. The highest BCUT2D eigenvalue weighted by atomic mass is 35.5. The first-order valence-electron chi connectivity index (χ1n) is 10.2. The first kappa shape index (κ1) is 22.1. The van der Waals surface area contributed by atoms with Crippen molar-refractivity contribution in [3.05, 3.63) is 106 Å². The predicted molar refractivity (Wildman–Crippen MR) is 126 cm³/mol. The van der Waals surface area contributed by atoms with E-state index in [1.54, 1.807) is 41.3 Å². The van der Waals surface area contributed by atoms with Gasteiger partial charge in [-0.2, -0.15) is 4.98 Å². The van der Waals surface area contributed by atoms with Gasteiger partial charge < -0.3 is 9.42 Å². The van der Waals surface area contributed by atoms with Crippen molar-refractivity contribution >= 4 is 29.1 Å². The van der Waals surface area contributed by atoms with Crippen molar-refractivity contribution in [3.63, 3.8) is 0 Å². The average Bonchev–Trinajstić information content (AvgIpc) is 3.29. The van der Waals surface area contributed by atoms with Gasteiger partial charge in [-0.05, 0) is 36.8 Å². The summed E-state index contributed by atoms with van der Waals surface area (Å²) in [6.45, 7) is 2.38. The van der Waals surface area contributed by atoms with Gasteiger partial charge in [0.05, 0.1) is 16.6 Å². The maximum absolute atomic E-state index is 13.4. The lowest BCUT2D eigenvalue weighted by Gasteiger charge is -2.29. The molecular formula is C25H21Cl2N3O2. The van der Waals surface area contributed by atoms with Crippen LogP contribution in [-0.2, 0) is 6.42 Å². The molecular weight excluding hydrogens is 445 g/mol. The van der Waals surface area contributed by atoms with Crippen LogP contribution in [0.15, 0.2) is 83.4 Å². The first-order valence-corrected chi connectivity index (χ1v) is 11.0. The first-order chi connectivity index (χ1) is 15.5. The number of amides is 1. The highest BCUT2D eigenvalue weighted by molar-refractivity contribution is 6.33. The molecule has 1 atom stereocenters. The number of benzene rings is 3. The van der Waals surface area contributed by atoms with Gasteiger partial charge in [0, 0.05) is 23.6 Å². The molecule has 0 radical (unpaired) electrons. The molecule has 1 aromatic heterocycles. The largest absolute Gasteiger partial charge is 0.339 e. The van der Waals surface area contributed by atoms with E-state index in [2.05, 4.69) is 10.1 Å².